The first-order valence-corrected chi connectivity index (χ1v) is 3.78. The molecule has 0 bridgehead atoms. The molecule has 0 rings (SSSR count). The molecule has 0 aromatic carbocycles. The Kier molecular flexibility index (Phi) is 5.64. The van der Waals surface area contributed by atoms with Gasteiger partial charge in [0, 0.05) is 5.75 Å². The second-order valence-electron chi connectivity index (χ2n) is 1.84. The van der Waals surface area contributed by atoms with Crippen LogP contribution < -0.4 is 0 Å². The van der Waals surface area contributed by atoms with E-state index in [0.29, 0.717) is 5.75 Å². The third-order valence-corrected chi connectivity index (χ3v) is 1.12. The van der Waals surface area contributed by atoms with Crippen molar-refractivity contribution in [2.24, 2.45) is 0 Å². The summed E-state index contributed by atoms with van der Waals surface area (Å²) >= 11 is 3.81. The summed E-state index contributed by atoms with van der Waals surface area (Å²) in [6.07, 6.45) is 0.0844. The van der Waals surface area contributed by atoms with E-state index in [-0.39, 0.29) is 19.4 Å². The number of esters is 1. The van der Waals surface area contributed by atoms with Gasteiger partial charge in [0.2, 0.25) is 0 Å². The van der Waals surface area contributed by atoms with Gasteiger partial charge in [0.25, 0.3) is 0 Å². The van der Waals surface area contributed by atoms with Gasteiger partial charge in [0.05, 0.1) is 12.8 Å². The molecule has 1 N–H and O–H groups in total. The summed E-state index contributed by atoms with van der Waals surface area (Å²) in [5, 5.41) is 8.15. The van der Waals surface area contributed by atoms with Gasteiger partial charge in [0.15, 0.2) is 0 Å². The van der Waals surface area contributed by atoms with Gasteiger partial charge in [0.1, 0.15) is 6.61 Å². The van der Waals surface area contributed by atoms with Crippen LogP contribution in [0.5, 0.6) is 0 Å². The molecule has 0 aliphatic carbocycles. The van der Waals surface area contributed by atoms with E-state index in [0.717, 1.165) is 0 Å². The molecular weight excluding hydrogens is 168 g/mol. The van der Waals surface area contributed by atoms with Gasteiger partial charge in [-0.1, -0.05) is 0 Å². The maximum atomic E-state index is 10.6. The Morgan fingerprint density at radius 3 is 2.45 bits per heavy atom. The van der Waals surface area contributed by atoms with Crippen molar-refractivity contribution in [3.63, 3.8) is 0 Å². The molecule has 0 aliphatic rings. The third kappa shape index (κ3) is 7.18. The molecule has 0 fully saturated rings. The normalized spacial score (nSPS) is 9.18. The minimum Gasteiger partial charge on any atom is -0.481 e. The number of thiol groups is 1. The molecule has 0 aromatic heterocycles. The van der Waals surface area contributed by atoms with Crippen molar-refractivity contribution in [1.82, 2.24) is 0 Å². The Bertz CT molecular complexity index is 146. The number of hydrogen-bond donors (Lipinski definition) is 2. The number of aliphatic carboxylic acids is 1. The Balaban J connectivity index is 3.24. The largest absolute Gasteiger partial charge is 0.481 e. The number of carboxylic acid groups (broad SMARTS) is 1. The lowest BCUT2D eigenvalue weighted by molar-refractivity contribution is -0.146. The lowest BCUT2D eigenvalue weighted by Crippen LogP contribution is -2.09. The van der Waals surface area contributed by atoms with E-state index in [1.54, 1.807) is 0 Å². The number of rotatable bonds is 5. The number of carboxylic acids is 1. The zero-order chi connectivity index (χ0) is 8.69. The van der Waals surface area contributed by atoms with Crippen LogP contribution in [0.25, 0.3) is 0 Å². The highest BCUT2D eigenvalue weighted by Crippen LogP contribution is 1.90. The van der Waals surface area contributed by atoms with Crippen molar-refractivity contribution < 1.29 is 19.4 Å². The minimum atomic E-state index is -0.969. The van der Waals surface area contributed by atoms with Gasteiger partial charge in [-0.2, -0.15) is 12.6 Å². The molecule has 11 heavy (non-hydrogen) atoms. The van der Waals surface area contributed by atoms with E-state index in [1.807, 2.05) is 0 Å². The molecule has 64 valence electrons. The molecule has 4 nitrogen and oxygen atoms in total. The Labute approximate surface area is 69.9 Å². The first-order chi connectivity index (χ1) is 5.16. The van der Waals surface area contributed by atoms with Crippen molar-refractivity contribution >= 4 is 24.6 Å². The Hall–Kier alpha value is -0.710. The first kappa shape index (κ1) is 10.3. The molecule has 0 amide bonds. The zero-order valence-corrected chi connectivity index (χ0v) is 6.84. The first-order valence-electron chi connectivity index (χ1n) is 3.15. The minimum absolute atomic E-state index is 0.0536. The van der Waals surface area contributed by atoms with Crippen LogP contribution in [0.2, 0.25) is 0 Å². The van der Waals surface area contributed by atoms with E-state index in [9.17, 15) is 9.59 Å². The van der Waals surface area contributed by atoms with E-state index >= 15 is 0 Å². The number of ether oxygens (including phenoxy) is 1. The molecule has 0 radical (unpaired) electrons. The fourth-order valence-electron chi connectivity index (χ4n) is 0.416. The predicted octanol–water partition coefficient (Wildman–Crippen LogP) is 0.324. The maximum absolute atomic E-state index is 10.6. The van der Waals surface area contributed by atoms with Crippen molar-refractivity contribution in [2.75, 3.05) is 12.4 Å². The van der Waals surface area contributed by atoms with Crippen molar-refractivity contribution in [1.29, 1.82) is 0 Å². The second-order valence-corrected chi connectivity index (χ2v) is 2.29. The molecule has 0 unspecified atom stereocenters. The lowest BCUT2D eigenvalue weighted by atomic mass is 10.4. The van der Waals surface area contributed by atoms with Gasteiger partial charge < -0.3 is 9.84 Å². The molecule has 5 heteroatoms. The van der Waals surface area contributed by atoms with Crippen LogP contribution >= 0.6 is 12.6 Å². The number of carbonyl (C=O) groups is 2. The molecular formula is C6H10O4S. The molecule has 0 heterocycles. The SMILES string of the molecule is O=C(O)CCOC(=O)CCS. The van der Waals surface area contributed by atoms with Crippen LogP contribution in [0.15, 0.2) is 0 Å². The van der Waals surface area contributed by atoms with E-state index in [4.69, 9.17) is 5.11 Å². The molecule has 0 aromatic rings. The van der Waals surface area contributed by atoms with Crippen LogP contribution in [0.4, 0.5) is 0 Å². The summed E-state index contributed by atoms with van der Waals surface area (Å²) in [5.41, 5.74) is 0. The van der Waals surface area contributed by atoms with E-state index in [2.05, 4.69) is 17.4 Å². The monoisotopic (exact) mass is 178 g/mol. The van der Waals surface area contributed by atoms with Crippen LogP contribution in [0.3, 0.4) is 0 Å². The smallest absolute Gasteiger partial charge is 0.306 e. The molecule has 0 aliphatic heterocycles. The standard InChI is InChI=1S/C6H10O4S/c7-5(8)1-3-10-6(9)2-4-11/h11H,1-4H2,(H,7,8). The number of carbonyl (C=O) groups excluding carboxylic acids is 1. The Morgan fingerprint density at radius 2 is 2.00 bits per heavy atom. The predicted molar refractivity (Wildman–Crippen MR) is 41.7 cm³/mol. The summed E-state index contributed by atoms with van der Waals surface area (Å²) < 4.78 is 4.52. The summed E-state index contributed by atoms with van der Waals surface area (Å²) in [7, 11) is 0. The van der Waals surface area contributed by atoms with Crippen LogP contribution in [-0.4, -0.2) is 29.4 Å². The van der Waals surface area contributed by atoms with Gasteiger partial charge in [-0.15, -0.1) is 0 Å². The van der Waals surface area contributed by atoms with Crippen LogP contribution in [-0.2, 0) is 14.3 Å². The average Bonchev–Trinajstić information content (AvgIpc) is 1.87. The number of hydrogen-bond acceptors (Lipinski definition) is 4. The zero-order valence-electron chi connectivity index (χ0n) is 5.95. The summed E-state index contributed by atoms with van der Waals surface area (Å²) in [4.78, 5) is 20.5. The third-order valence-electron chi connectivity index (χ3n) is 0.895. The highest BCUT2D eigenvalue weighted by atomic mass is 32.1. The highest BCUT2D eigenvalue weighted by molar-refractivity contribution is 7.80. The highest BCUT2D eigenvalue weighted by Gasteiger charge is 2.02. The summed E-state index contributed by atoms with van der Waals surface area (Å²) in [6.45, 7) is -0.0536. The maximum Gasteiger partial charge on any atom is 0.306 e. The van der Waals surface area contributed by atoms with Crippen LogP contribution in [0, 0.1) is 0 Å². The van der Waals surface area contributed by atoms with Gasteiger partial charge in [-0.05, 0) is 0 Å². The van der Waals surface area contributed by atoms with Crippen molar-refractivity contribution in [2.45, 2.75) is 12.8 Å². The van der Waals surface area contributed by atoms with E-state index in [1.165, 1.54) is 0 Å². The molecule has 0 spiro atoms. The topological polar surface area (TPSA) is 63.6 Å². The molecule has 0 saturated carbocycles. The summed E-state index contributed by atoms with van der Waals surface area (Å²) in [5.74, 6) is -0.948. The Morgan fingerprint density at radius 1 is 1.36 bits per heavy atom. The van der Waals surface area contributed by atoms with Crippen LogP contribution in [0.1, 0.15) is 12.8 Å². The quantitative estimate of drug-likeness (QED) is 0.470. The second kappa shape index (κ2) is 6.03. The molecule has 0 saturated heterocycles. The molecule has 0 atom stereocenters. The fourth-order valence-corrected chi connectivity index (χ4v) is 0.598. The summed E-state index contributed by atoms with van der Waals surface area (Å²) in [6, 6.07) is 0. The van der Waals surface area contributed by atoms with Gasteiger partial charge in [-0.3, -0.25) is 9.59 Å². The average molecular weight is 178 g/mol. The van der Waals surface area contributed by atoms with Gasteiger partial charge in [-0.25, -0.2) is 0 Å². The van der Waals surface area contributed by atoms with Crippen molar-refractivity contribution in [3.05, 3.63) is 0 Å². The van der Waals surface area contributed by atoms with Crippen molar-refractivity contribution in [3.8, 4) is 0 Å². The van der Waals surface area contributed by atoms with E-state index < -0.39 is 11.9 Å². The van der Waals surface area contributed by atoms with Gasteiger partial charge >= 0.3 is 11.9 Å². The fraction of sp³-hybridized carbons (Fsp3) is 0.667. The lowest BCUT2D eigenvalue weighted by Gasteiger charge is -1.99.